The highest BCUT2D eigenvalue weighted by Gasteiger charge is 2.53. The molecule has 0 saturated heterocycles. The van der Waals surface area contributed by atoms with Crippen LogP contribution < -0.4 is 24.8 Å². The topological polar surface area (TPSA) is 64.1 Å². The number of hydrogen-bond donors (Lipinski definition) is 2. The Morgan fingerprint density at radius 1 is 1.12 bits per heavy atom. The van der Waals surface area contributed by atoms with E-state index >= 15 is 0 Å². The summed E-state index contributed by atoms with van der Waals surface area (Å²) < 4.78 is 16.2. The van der Waals surface area contributed by atoms with Gasteiger partial charge in [-0.05, 0) is 43.9 Å². The second kappa shape index (κ2) is 9.01. The Morgan fingerprint density at radius 3 is 2.15 bits per heavy atom. The zero-order valence-electron chi connectivity index (χ0n) is 16.1. The average molecular weight is 475 g/mol. The number of halogens is 1. The maximum atomic E-state index is 5.42. The first kappa shape index (κ1) is 20.9. The van der Waals surface area contributed by atoms with Gasteiger partial charge in [-0.2, -0.15) is 0 Å². The monoisotopic (exact) mass is 475 g/mol. The van der Waals surface area contributed by atoms with E-state index < -0.39 is 0 Å². The van der Waals surface area contributed by atoms with Crippen molar-refractivity contribution in [1.29, 1.82) is 0 Å². The van der Waals surface area contributed by atoms with E-state index in [4.69, 9.17) is 19.2 Å². The standard InChI is InChI=1S/C19H29N3O3.HI/c1-5-20-18(21-12-19(8-9-19)13-6-7-13)22-14-10-15(23-2)17(25-4)16(11-14)24-3;/h10-11,13H,5-9,12H2,1-4H3,(H2,20,21,22);1H. The van der Waals surface area contributed by atoms with Crippen LogP contribution in [0.2, 0.25) is 0 Å². The van der Waals surface area contributed by atoms with Crippen molar-refractivity contribution in [2.75, 3.05) is 39.7 Å². The largest absolute Gasteiger partial charge is 0.493 e. The van der Waals surface area contributed by atoms with Gasteiger partial charge in [0.05, 0.1) is 21.3 Å². The molecule has 0 unspecified atom stereocenters. The molecule has 2 aliphatic carbocycles. The average Bonchev–Trinajstić information content (AvgIpc) is 3.51. The van der Waals surface area contributed by atoms with Crippen LogP contribution in [0.4, 0.5) is 5.69 Å². The number of anilines is 1. The van der Waals surface area contributed by atoms with Crippen LogP contribution in [0.3, 0.4) is 0 Å². The van der Waals surface area contributed by atoms with Crippen molar-refractivity contribution >= 4 is 35.6 Å². The predicted molar refractivity (Wildman–Crippen MR) is 116 cm³/mol. The van der Waals surface area contributed by atoms with Gasteiger partial charge in [-0.3, -0.25) is 4.99 Å². The van der Waals surface area contributed by atoms with E-state index in [9.17, 15) is 0 Å². The molecule has 2 fully saturated rings. The molecule has 0 amide bonds. The molecule has 0 heterocycles. The first-order valence-electron chi connectivity index (χ1n) is 9.01. The molecule has 0 atom stereocenters. The molecule has 1 aromatic rings. The van der Waals surface area contributed by atoms with Crippen molar-refractivity contribution < 1.29 is 14.2 Å². The Balaban J connectivity index is 0.00000243. The van der Waals surface area contributed by atoms with Gasteiger partial charge >= 0.3 is 0 Å². The maximum absolute atomic E-state index is 5.42. The number of nitrogens with one attached hydrogen (secondary N) is 2. The highest BCUT2D eigenvalue weighted by molar-refractivity contribution is 14.0. The number of benzene rings is 1. The van der Waals surface area contributed by atoms with Gasteiger partial charge in [-0.1, -0.05) is 0 Å². The van der Waals surface area contributed by atoms with Crippen molar-refractivity contribution in [3.8, 4) is 17.2 Å². The van der Waals surface area contributed by atoms with Gasteiger partial charge in [0.2, 0.25) is 5.75 Å². The van der Waals surface area contributed by atoms with E-state index in [-0.39, 0.29) is 24.0 Å². The van der Waals surface area contributed by atoms with Crippen LogP contribution in [0.25, 0.3) is 0 Å². The fourth-order valence-corrected chi connectivity index (χ4v) is 3.39. The van der Waals surface area contributed by atoms with Gasteiger partial charge in [0.1, 0.15) is 0 Å². The lowest BCUT2D eigenvalue weighted by molar-refractivity contribution is 0.324. The molecular formula is C19H30IN3O3. The number of hydrogen-bond acceptors (Lipinski definition) is 4. The summed E-state index contributed by atoms with van der Waals surface area (Å²) in [6, 6.07) is 3.78. The zero-order chi connectivity index (χ0) is 17.9. The third-order valence-corrected chi connectivity index (χ3v) is 5.16. The van der Waals surface area contributed by atoms with Crippen LogP contribution in [0, 0.1) is 11.3 Å². The molecule has 26 heavy (non-hydrogen) atoms. The van der Waals surface area contributed by atoms with E-state index in [0.29, 0.717) is 22.7 Å². The summed E-state index contributed by atoms with van der Waals surface area (Å²) in [4.78, 5) is 4.84. The minimum atomic E-state index is 0. The molecular weight excluding hydrogens is 445 g/mol. The first-order valence-corrected chi connectivity index (χ1v) is 9.01. The number of ether oxygens (including phenoxy) is 3. The Kier molecular flexibility index (Phi) is 7.25. The highest BCUT2D eigenvalue weighted by atomic mass is 127. The minimum absolute atomic E-state index is 0. The summed E-state index contributed by atoms with van der Waals surface area (Å²) in [7, 11) is 4.84. The van der Waals surface area contributed by atoms with Crippen molar-refractivity contribution in [3.05, 3.63) is 12.1 Å². The summed E-state index contributed by atoms with van der Waals surface area (Å²) in [6.07, 6.45) is 5.41. The molecule has 0 aromatic heterocycles. The summed E-state index contributed by atoms with van der Waals surface area (Å²) in [5.74, 6) is 3.53. The summed E-state index contributed by atoms with van der Waals surface area (Å²) in [6.45, 7) is 3.78. The summed E-state index contributed by atoms with van der Waals surface area (Å²) in [5.41, 5.74) is 1.34. The van der Waals surface area contributed by atoms with Crippen LogP contribution in [0.15, 0.2) is 17.1 Å². The lowest BCUT2D eigenvalue weighted by Crippen LogP contribution is -2.31. The molecule has 2 saturated carbocycles. The number of rotatable bonds is 8. The van der Waals surface area contributed by atoms with Gasteiger partial charge in [0, 0.05) is 30.9 Å². The number of aliphatic imine (C=N–C) groups is 1. The first-order chi connectivity index (χ1) is 12.2. The van der Waals surface area contributed by atoms with Crippen molar-refractivity contribution in [2.24, 2.45) is 16.3 Å². The highest BCUT2D eigenvalue weighted by Crippen LogP contribution is 2.61. The molecule has 6 nitrogen and oxygen atoms in total. The quantitative estimate of drug-likeness (QED) is 0.339. The van der Waals surface area contributed by atoms with Crippen LogP contribution in [-0.2, 0) is 0 Å². The van der Waals surface area contributed by atoms with Crippen LogP contribution in [0.1, 0.15) is 32.6 Å². The molecule has 1 aromatic carbocycles. The Hall–Kier alpha value is -1.38. The summed E-state index contributed by atoms with van der Waals surface area (Å²) >= 11 is 0. The SMILES string of the molecule is CCNC(=NCC1(C2CC2)CC1)Nc1cc(OC)c(OC)c(OC)c1.I. The Bertz CT molecular complexity index is 618. The molecule has 0 spiro atoms. The van der Waals surface area contributed by atoms with Gasteiger partial charge in [0.15, 0.2) is 17.5 Å². The summed E-state index contributed by atoms with van der Waals surface area (Å²) in [5, 5.41) is 6.68. The van der Waals surface area contributed by atoms with Crippen LogP contribution in [-0.4, -0.2) is 40.4 Å². The lowest BCUT2D eigenvalue weighted by atomic mass is 10.0. The van der Waals surface area contributed by atoms with Crippen LogP contribution >= 0.6 is 24.0 Å². The second-order valence-corrected chi connectivity index (χ2v) is 6.87. The third-order valence-electron chi connectivity index (χ3n) is 5.16. The molecule has 2 aliphatic rings. The van der Waals surface area contributed by atoms with Crippen molar-refractivity contribution in [3.63, 3.8) is 0 Å². The van der Waals surface area contributed by atoms with Crippen molar-refractivity contribution in [2.45, 2.75) is 32.6 Å². The number of nitrogens with zero attached hydrogens (tertiary/aromatic N) is 1. The maximum Gasteiger partial charge on any atom is 0.203 e. The minimum Gasteiger partial charge on any atom is -0.493 e. The molecule has 2 N–H and O–H groups in total. The van der Waals surface area contributed by atoms with Gasteiger partial charge < -0.3 is 24.8 Å². The molecule has 146 valence electrons. The zero-order valence-corrected chi connectivity index (χ0v) is 18.4. The van der Waals surface area contributed by atoms with E-state index in [1.165, 1.54) is 25.7 Å². The normalized spacial score (nSPS) is 17.8. The Labute approximate surface area is 173 Å². The molecule has 0 bridgehead atoms. The fourth-order valence-electron chi connectivity index (χ4n) is 3.39. The Morgan fingerprint density at radius 2 is 1.73 bits per heavy atom. The molecule has 0 aliphatic heterocycles. The molecule has 3 rings (SSSR count). The second-order valence-electron chi connectivity index (χ2n) is 6.87. The van der Waals surface area contributed by atoms with E-state index in [2.05, 4.69) is 17.6 Å². The van der Waals surface area contributed by atoms with Gasteiger partial charge in [-0.25, -0.2) is 0 Å². The van der Waals surface area contributed by atoms with Crippen LogP contribution in [0.5, 0.6) is 17.2 Å². The fraction of sp³-hybridized carbons (Fsp3) is 0.632. The molecule has 7 heteroatoms. The number of methoxy groups -OCH3 is 3. The van der Waals surface area contributed by atoms with E-state index in [0.717, 1.165) is 30.7 Å². The smallest absolute Gasteiger partial charge is 0.203 e. The third kappa shape index (κ3) is 4.66. The van der Waals surface area contributed by atoms with Crippen molar-refractivity contribution in [1.82, 2.24) is 5.32 Å². The van der Waals surface area contributed by atoms with Gasteiger partial charge in [0.25, 0.3) is 0 Å². The lowest BCUT2D eigenvalue weighted by Gasteiger charge is -2.17. The van der Waals surface area contributed by atoms with E-state index in [1.807, 2.05) is 12.1 Å². The number of guanidine groups is 1. The van der Waals surface area contributed by atoms with Gasteiger partial charge in [-0.15, -0.1) is 24.0 Å². The predicted octanol–water partition coefficient (Wildman–Crippen LogP) is 3.90. The molecule has 0 radical (unpaired) electrons. The van der Waals surface area contributed by atoms with E-state index in [1.54, 1.807) is 21.3 Å².